The number of carboxylic acids is 1. The van der Waals surface area contributed by atoms with Crippen LogP contribution < -0.4 is 0 Å². The van der Waals surface area contributed by atoms with Crippen LogP contribution >= 0.6 is 23.4 Å². The van der Waals surface area contributed by atoms with Crippen molar-refractivity contribution in [2.75, 3.05) is 5.75 Å². The van der Waals surface area contributed by atoms with Gasteiger partial charge < -0.3 is 5.11 Å². The molecule has 0 heterocycles. The molecule has 0 bridgehead atoms. The van der Waals surface area contributed by atoms with Crippen molar-refractivity contribution in [1.82, 2.24) is 0 Å². The topological polar surface area (TPSA) is 61.1 Å². The van der Waals surface area contributed by atoms with E-state index in [1.54, 1.807) is 25.1 Å². The lowest BCUT2D eigenvalue weighted by Crippen LogP contribution is -2.11. The van der Waals surface area contributed by atoms with E-state index in [1.165, 1.54) is 11.8 Å². The van der Waals surface area contributed by atoms with Crippen molar-refractivity contribution < 1.29 is 9.90 Å². The molecule has 0 aliphatic carbocycles. The molecule has 3 nitrogen and oxygen atoms in total. The van der Waals surface area contributed by atoms with Gasteiger partial charge in [-0.25, -0.2) is 0 Å². The van der Waals surface area contributed by atoms with E-state index in [0.29, 0.717) is 16.3 Å². The lowest BCUT2D eigenvalue weighted by atomic mass is 10.2. The van der Waals surface area contributed by atoms with Gasteiger partial charge in [-0.1, -0.05) is 18.5 Å². The van der Waals surface area contributed by atoms with Crippen LogP contribution in [0.25, 0.3) is 0 Å². The van der Waals surface area contributed by atoms with Crippen LogP contribution in [0.4, 0.5) is 0 Å². The molecule has 0 saturated carbocycles. The van der Waals surface area contributed by atoms with E-state index < -0.39 is 11.9 Å². The smallest absolute Gasteiger partial charge is 0.307 e. The van der Waals surface area contributed by atoms with E-state index in [1.807, 2.05) is 6.07 Å². The summed E-state index contributed by atoms with van der Waals surface area (Å²) < 4.78 is 0. The summed E-state index contributed by atoms with van der Waals surface area (Å²) in [6.45, 7) is 1.65. The number of rotatable bonds is 4. The summed E-state index contributed by atoms with van der Waals surface area (Å²) in [5, 5.41) is 17.8. The Morgan fingerprint density at radius 3 is 2.88 bits per heavy atom. The Morgan fingerprint density at radius 2 is 2.38 bits per heavy atom. The maximum Gasteiger partial charge on any atom is 0.307 e. The van der Waals surface area contributed by atoms with Crippen molar-refractivity contribution in [3.63, 3.8) is 0 Å². The number of nitriles is 1. The third kappa shape index (κ3) is 3.44. The Hall–Kier alpha value is -1.18. The minimum atomic E-state index is -0.813. The number of nitrogens with zero attached hydrogens (tertiary/aromatic N) is 1. The maximum atomic E-state index is 10.6. The summed E-state index contributed by atoms with van der Waals surface area (Å²) >= 11 is 7.27. The van der Waals surface area contributed by atoms with Crippen molar-refractivity contribution in [1.29, 1.82) is 5.26 Å². The van der Waals surface area contributed by atoms with Crippen molar-refractivity contribution in [2.45, 2.75) is 11.8 Å². The van der Waals surface area contributed by atoms with E-state index >= 15 is 0 Å². The van der Waals surface area contributed by atoms with Gasteiger partial charge in [0.05, 0.1) is 16.5 Å². The standard InChI is InChI=1S/C11H10ClNO2S/c1-7(11(14)15)6-16-9-3-2-8(5-13)10(12)4-9/h2-4,7H,6H2,1H3,(H,14,15). The fraction of sp³-hybridized carbons (Fsp3) is 0.273. The predicted molar refractivity (Wildman–Crippen MR) is 63.7 cm³/mol. The zero-order valence-corrected chi connectivity index (χ0v) is 10.2. The molecule has 5 heteroatoms. The van der Waals surface area contributed by atoms with Crippen LogP contribution in [0, 0.1) is 17.2 Å². The van der Waals surface area contributed by atoms with Crippen LogP contribution in [0.5, 0.6) is 0 Å². The molecule has 0 saturated heterocycles. The zero-order chi connectivity index (χ0) is 12.1. The van der Waals surface area contributed by atoms with Gasteiger partial charge in [0.25, 0.3) is 0 Å². The van der Waals surface area contributed by atoms with Crippen LogP contribution in [0.3, 0.4) is 0 Å². The van der Waals surface area contributed by atoms with E-state index in [2.05, 4.69) is 0 Å². The lowest BCUT2D eigenvalue weighted by molar-refractivity contribution is -0.140. The molecule has 0 spiro atoms. The molecule has 16 heavy (non-hydrogen) atoms. The minimum Gasteiger partial charge on any atom is -0.481 e. The Morgan fingerprint density at radius 1 is 1.69 bits per heavy atom. The third-order valence-electron chi connectivity index (χ3n) is 1.98. The summed E-state index contributed by atoms with van der Waals surface area (Å²) in [7, 11) is 0. The summed E-state index contributed by atoms with van der Waals surface area (Å²) in [5.74, 6) is -0.732. The first kappa shape index (κ1) is 12.9. The fourth-order valence-electron chi connectivity index (χ4n) is 0.969. The Kier molecular flexibility index (Phi) is 4.66. The van der Waals surface area contributed by atoms with Crippen LogP contribution in [0.1, 0.15) is 12.5 Å². The number of hydrogen-bond donors (Lipinski definition) is 1. The molecule has 1 N–H and O–H groups in total. The summed E-state index contributed by atoms with van der Waals surface area (Å²) in [4.78, 5) is 11.5. The Balaban J connectivity index is 2.66. The average molecular weight is 256 g/mol. The Bertz CT molecular complexity index is 442. The zero-order valence-electron chi connectivity index (χ0n) is 8.61. The van der Waals surface area contributed by atoms with Gasteiger partial charge in [0.1, 0.15) is 6.07 Å². The second kappa shape index (κ2) is 5.78. The number of carboxylic acid groups (broad SMARTS) is 1. The van der Waals surface area contributed by atoms with Crippen LogP contribution in [0.15, 0.2) is 23.1 Å². The number of aliphatic carboxylic acids is 1. The van der Waals surface area contributed by atoms with Gasteiger partial charge in [0.2, 0.25) is 0 Å². The maximum absolute atomic E-state index is 10.6. The molecule has 84 valence electrons. The first-order valence-corrected chi connectivity index (χ1v) is 5.96. The van der Waals surface area contributed by atoms with Crippen LogP contribution in [0.2, 0.25) is 5.02 Å². The molecule has 1 aromatic carbocycles. The highest BCUT2D eigenvalue weighted by Crippen LogP contribution is 2.26. The molecule has 1 aromatic rings. The fourth-order valence-corrected chi connectivity index (χ4v) is 2.21. The van der Waals surface area contributed by atoms with E-state index in [4.69, 9.17) is 22.0 Å². The minimum absolute atomic E-state index is 0.399. The van der Waals surface area contributed by atoms with Crippen molar-refractivity contribution in [2.24, 2.45) is 5.92 Å². The average Bonchev–Trinajstić information content (AvgIpc) is 2.25. The van der Waals surface area contributed by atoms with Crippen LogP contribution in [-0.4, -0.2) is 16.8 Å². The van der Waals surface area contributed by atoms with Gasteiger partial charge in [-0.05, 0) is 18.2 Å². The third-order valence-corrected chi connectivity index (χ3v) is 3.55. The lowest BCUT2D eigenvalue weighted by Gasteiger charge is -2.06. The van der Waals surface area contributed by atoms with Crippen molar-refractivity contribution in [3.05, 3.63) is 28.8 Å². The van der Waals surface area contributed by atoms with Gasteiger partial charge in [-0.2, -0.15) is 5.26 Å². The van der Waals surface area contributed by atoms with Crippen molar-refractivity contribution in [3.8, 4) is 6.07 Å². The normalized spacial score (nSPS) is 11.8. The number of carbonyl (C=O) groups is 1. The monoisotopic (exact) mass is 255 g/mol. The largest absolute Gasteiger partial charge is 0.481 e. The predicted octanol–water partition coefficient (Wildman–Crippen LogP) is 3.02. The van der Waals surface area contributed by atoms with E-state index in [0.717, 1.165) is 4.90 Å². The molecule has 0 radical (unpaired) electrons. The first-order valence-electron chi connectivity index (χ1n) is 4.60. The summed E-state index contributed by atoms with van der Waals surface area (Å²) in [5.41, 5.74) is 0.428. The molecule has 0 aliphatic heterocycles. The molecule has 0 amide bonds. The number of halogens is 1. The molecule has 1 rings (SSSR count). The number of hydrogen-bond acceptors (Lipinski definition) is 3. The van der Waals surface area contributed by atoms with Gasteiger partial charge >= 0.3 is 5.97 Å². The highest BCUT2D eigenvalue weighted by Gasteiger charge is 2.11. The van der Waals surface area contributed by atoms with Gasteiger partial charge in [-0.3, -0.25) is 4.79 Å². The van der Waals surface area contributed by atoms with Crippen LogP contribution in [-0.2, 0) is 4.79 Å². The highest BCUT2D eigenvalue weighted by atomic mass is 35.5. The highest BCUT2D eigenvalue weighted by molar-refractivity contribution is 7.99. The number of benzene rings is 1. The summed E-state index contributed by atoms with van der Waals surface area (Å²) in [6.07, 6.45) is 0. The molecule has 0 aromatic heterocycles. The second-order valence-electron chi connectivity index (χ2n) is 3.30. The molecule has 0 fully saturated rings. The second-order valence-corrected chi connectivity index (χ2v) is 4.80. The summed E-state index contributed by atoms with van der Waals surface area (Å²) in [6, 6.07) is 7.05. The van der Waals surface area contributed by atoms with Gasteiger partial charge in [0, 0.05) is 10.6 Å². The first-order chi connectivity index (χ1) is 7.54. The molecular formula is C11H10ClNO2S. The molecule has 1 unspecified atom stereocenters. The van der Waals surface area contributed by atoms with Crippen molar-refractivity contribution >= 4 is 29.3 Å². The SMILES string of the molecule is CC(CSc1ccc(C#N)c(Cl)c1)C(=O)O. The van der Waals surface area contributed by atoms with E-state index in [9.17, 15) is 4.79 Å². The molecular weight excluding hydrogens is 246 g/mol. The Labute approximate surface area is 103 Å². The quantitative estimate of drug-likeness (QED) is 0.840. The molecule has 1 atom stereocenters. The number of thioether (sulfide) groups is 1. The van der Waals surface area contributed by atoms with Gasteiger partial charge in [-0.15, -0.1) is 11.8 Å². The van der Waals surface area contributed by atoms with Gasteiger partial charge in [0.15, 0.2) is 0 Å². The van der Waals surface area contributed by atoms with E-state index in [-0.39, 0.29) is 0 Å². The molecule has 0 aliphatic rings.